The van der Waals surface area contributed by atoms with Crippen LogP contribution in [0.1, 0.15) is 37.3 Å². The average molecular weight is 381 g/mol. The fraction of sp³-hybridized carbons (Fsp3) is 0.579. The van der Waals surface area contributed by atoms with Crippen molar-refractivity contribution in [3.8, 4) is 0 Å². The molecule has 4 N–H and O–H groups in total. The quantitative estimate of drug-likeness (QED) is 0.659. The Morgan fingerprint density at radius 3 is 2.58 bits per heavy atom. The van der Waals surface area contributed by atoms with Gasteiger partial charge in [0, 0.05) is 24.5 Å². The molecule has 1 aromatic carbocycles. The summed E-state index contributed by atoms with van der Waals surface area (Å²) in [5, 5.41) is 13.9. The predicted octanol–water partition coefficient (Wildman–Crippen LogP) is 2.16. The highest BCUT2D eigenvalue weighted by Crippen LogP contribution is 2.39. The normalized spacial score (nSPS) is 20.8. The number of nitrogens with one attached hydrogen (secondary N) is 1. The van der Waals surface area contributed by atoms with Crippen molar-refractivity contribution in [1.29, 1.82) is 0 Å². The van der Waals surface area contributed by atoms with Crippen molar-refractivity contribution >= 4 is 23.5 Å². The highest BCUT2D eigenvalue weighted by molar-refractivity contribution is 6.30. The van der Waals surface area contributed by atoms with E-state index in [1.807, 2.05) is 13.0 Å². The molecule has 0 bridgehead atoms. The summed E-state index contributed by atoms with van der Waals surface area (Å²) in [6, 6.07) is 5.02. The maximum absolute atomic E-state index is 12.9. The van der Waals surface area contributed by atoms with Gasteiger partial charge in [0.2, 0.25) is 0 Å². The molecule has 1 saturated carbocycles. The largest absolute Gasteiger partial charge is 0.424 e. The Labute approximate surface area is 158 Å². The van der Waals surface area contributed by atoms with Crippen LogP contribution in [0.25, 0.3) is 0 Å². The van der Waals surface area contributed by atoms with E-state index in [9.17, 15) is 14.7 Å². The molecule has 1 aliphatic carbocycles. The first-order chi connectivity index (χ1) is 12.4. The molecule has 2 atom stereocenters. The molecule has 142 valence electrons. The van der Waals surface area contributed by atoms with Gasteiger partial charge < -0.3 is 16.2 Å². The van der Waals surface area contributed by atoms with Gasteiger partial charge in [-0.25, -0.2) is 9.59 Å². The standard InChI is InChI=1S/C19H26ClN3O3/c1-12(13-3-4-13)17(24)18(25)23(7-2-8-23)19(26)22-11-15-9-16(20)6-5-14(15)10-21/h5-6,9,12-13,17,24H,2-4,7-8,10-11,21H2,1H3/p+1/t12-,17+/m0/s1. The van der Waals surface area contributed by atoms with Crippen molar-refractivity contribution in [2.75, 3.05) is 13.1 Å². The van der Waals surface area contributed by atoms with Gasteiger partial charge in [-0.3, -0.25) is 0 Å². The van der Waals surface area contributed by atoms with Gasteiger partial charge in [0.1, 0.15) is 13.1 Å². The van der Waals surface area contributed by atoms with E-state index >= 15 is 0 Å². The van der Waals surface area contributed by atoms with Crippen molar-refractivity contribution in [2.24, 2.45) is 17.6 Å². The highest BCUT2D eigenvalue weighted by Gasteiger charge is 2.54. The van der Waals surface area contributed by atoms with E-state index in [0.29, 0.717) is 30.6 Å². The predicted molar refractivity (Wildman–Crippen MR) is 99.1 cm³/mol. The lowest BCUT2D eigenvalue weighted by molar-refractivity contribution is -0.818. The first-order valence-corrected chi connectivity index (χ1v) is 9.62. The molecule has 0 unspecified atom stereocenters. The van der Waals surface area contributed by atoms with Crippen LogP contribution in [0.15, 0.2) is 18.2 Å². The molecular formula is C19H27ClN3O3+. The van der Waals surface area contributed by atoms with E-state index in [-0.39, 0.29) is 28.9 Å². The van der Waals surface area contributed by atoms with Crippen LogP contribution >= 0.6 is 11.6 Å². The molecule has 0 aromatic heterocycles. The summed E-state index contributed by atoms with van der Waals surface area (Å²) in [6.07, 6.45) is 1.82. The number of aliphatic hydroxyl groups excluding tert-OH is 1. The Bertz CT molecular complexity index is 701. The Morgan fingerprint density at radius 2 is 2.04 bits per heavy atom. The Hall–Kier alpha value is -1.47. The van der Waals surface area contributed by atoms with Gasteiger partial charge in [0.05, 0.1) is 0 Å². The number of carbonyl (C=O) groups is 2. The number of halogens is 1. The van der Waals surface area contributed by atoms with Gasteiger partial charge in [-0.05, 0) is 47.9 Å². The molecule has 6 nitrogen and oxygen atoms in total. The van der Waals surface area contributed by atoms with Crippen LogP contribution in [0.5, 0.6) is 0 Å². The Kier molecular flexibility index (Phi) is 5.67. The SMILES string of the molecule is C[C@@H](C1CC1)[C@@H](O)C(=O)[N+]1(C(=O)NCc2cc(Cl)ccc2CN)CCC1. The second-order valence-corrected chi connectivity index (χ2v) is 7.96. The first-order valence-electron chi connectivity index (χ1n) is 9.24. The summed E-state index contributed by atoms with van der Waals surface area (Å²) in [7, 11) is 0. The van der Waals surface area contributed by atoms with E-state index in [1.165, 1.54) is 0 Å². The first kappa shape index (κ1) is 19.3. The van der Waals surface area contributed by atoms with Crippen molar-refractivity contribution in [1.82, 2.24) is 5.32 Å². The van der Waals surface area contributed by atoms with Crippen LogP contribution in [-0.2, 0) is 17.9 Å². The average Bonchev–Trinajstić information content (AvgIpc) is 3.42. The number of carbonyl (C=O) groups excluding carboxylic acids is 2. The molecule has 0 spiro atoms. The lowest BCUT2D eigenvalue weighted by Crippen LogP contribution is -2.70. The summed E-state index contributed by atoms with van der Waals surface area (Å²) in [4.78, 5) is 25.7. The van der Waals surface area contributed by atoms with Crippen LogP contribution in [0.4, 0.5) is 4.79 Å². The third-order valence-corrected chi connectivity index (χ3v) is 6.06. The zero-order valence-corrected chi connectivity index (χ0v) is 15.8. The Morgan fingerprint density at radius 1 is 1.35 bits per heavy atom. The number of rotatable bonds is 6. The van der Waals surface area contributed by atoms with Crippen LogP contribution < -0.4 is 11.1 Å². The molecule has 0 radical (unpaired) electrons. The number of aliphatic hydroxyl groups is 1. The molecule has 7 heteroatoms. The minimum Gasteiger partial charge on any atom is -0.379 e. The van der Waals surface area contributed by atoms with Gasteiger partial charge in [-0.1, -0.05) is 24.6 Å². The summed E-state index contributed by atoms with van der Waals surface area (Å²) in [5.74, 6) is -0.0714. The summed E-state index contributed by atoms with van der Waals surface area (Å²) in [5.41, 5.74) is 7.48. The van der Waals surface area contributed by atoms with E-state index < -0.39 is 6.10 Å². The van der Waals surface area contributed by atoms with Gasteiger partial charge in [-0.15, -0.1) is 0 Å². The van der Waals surface area contributed by atoms with Crippen molar-refractivity contribution < 1.29 is 19.2 Å². The maximum atomic E-state index is 12.9. The molecule has 1 saturated heterocycles. The third kappa shape index (κ3) is 3.64. The van der Waals surface area contributed by atoms with Crippen LogP contribution in [0, 0.1) is 11.8 Å². The number of urea groups is 1. The van der Waals surface area contributed by atoms with Crippen LogP contribution in [0.3, 0.4) is 0 Å². The topological polar surface area (TPSA) is 92.4 Å². The van der Waals surface area contributed by atoms with Crippen LogP contribution in [-0.4, -0.2) is 40.7 Å². The lowest BCUT2D eigenvalue weighted by Gasteiger charge is -2.41. The summed E-state index contributed by atoms with van der Waals surface area (Å²) < 4.78 is -0.309. The molecule has 3 rings (SSSR count). The van der Waals surface area contributed by atoms with E-state index in [2.05, 4.69) is 5.32 Å². The number of nitrogens with zero attached hydrogens (tertiary/aromatic N) is 1. The number of imide groups is 1. The molecule has 26 heavy (non-hydrogen) atoms. The minimum atomic E-state index is -1.08. The number of amides is 3. The number of hydrogen-bond acceptors (Lipinski definition) is 4. The molecular weight excluding hydrogens is 354 g/mol. The third-order valence-electron chi connectivity index (χ3n) is 5.83. The lowest BCUT2D eigenvalue weighted by atomic mass is 9.95. The molecule has 1 heterocycles. The smallest absolute Gasteiger partial charge is 0.379 e. The number of likely N-dealkylation sites (tertiary alicyclic amines) is 1. The second-order valence-electron chi connectivity index (χ2n) is 7.52. The second kappa shape index (κ2) is 7.64. The number of nitrogens with two attached hydrogens (primary N) is 1. The van der Waals surface area contributed by atoms with E-state index in [1.54, 1.807) is 12.1 Å². The molecule has 1 aliphatic heterocycles. The van der Waals surface area contributed by atoms with Crippen LogP contribution in [0.2, 0.25) is 5.02 Å². The monoisotopic (exact) mass is 380 g/mol. The van der Waals surface area contributed by atoms with E-state index in [0.717, 1.165) is 30.4 Å². The van der Waals surface area contributed by atoms with Crippen molar-refractivity contribution in [2.45, 2.75) is 45.4 Å². The van der Waals surface area contributed by atoms with Gasteiger partial charge in [0.25, 0.3) is 0 Å². The highest BCUT2D eigenvalue weighted by atomic mass is 35.5. The summed E-state index contributed by atoms with van der Waals surface area (Å²) in [6.45, 7) is 3.39. The van der Waals surface area contributed by atoms with Gasteiger partial charge in [0.15, 0.2) is 6.10 Å². The van der Waals surface area contributed by atoms with Crippen molar-refractivity contribution in [3.05, 3.63) is 34.3 Å². The zero-order chi connectivity index (χ0) is 18.9. The maximum Gasteiger partial charge on any atom is 0.424 e. The minimum absolute atomic E-state index is 0.0947. The number of quaternary nitrogens is 1. The summed E-state index contributed by atoms with van der Waals surface area (Å²) >= 11 is 6.04. The Balaban J connectivity index is 1.69. The van der Waals surface area contributed by atoms with E-state index in [4.69, 9.17) is 17.3 Å². The van der Waals surface area contributed by atoms with Gasteiger partial charge in [-0.2, -0.15) is 4.48 Å². The molecule has 3 amide bonds. The zero-order valence-electron chi connectivity index (χ0n) is 15.1. The number of benzene rings is 1. The molecule has 2 fully saturated rings. The molecule has 1 aromatic rings. The van der Waals surface area contributed by atoms with Gasteiger partial charge >= 0.3 is 11.9 Å². The fourth-order valence-electron chi connectivity index (χ4n) is 3.64. The van der Waals surface area contributed by atoms with Crippen molar-refractivity contribution in [3.63, 3.8) is 0 Å². The molecule has 2 aliphatic rings. The fourth-order valence-corrected chi connectivity index (χ4v) is 3.83. The number of hydrogen-bond donors (Lipinski definition) is 3.